The van der Waals surface area contributed by atoms with Gasteiger partial charge in [0.1, 0.15) is 18.2 Å². The summed E-state index contributed by atoms with van der Waals surface area (Å²) < 4.78 is 24.6. The van der Waals surface area contributed by atoms with Crippen LogP contribution in [0.2, 0.25) is 0 Å². The molecule has 0 saturated carbocycles. The Morgan fingerprint density at radius 1 is 1.44 bits per heavy atom. The molecule has 2 N–H and O–H groups in total. The lowest BCUT2D eigenvalue weighted by molar-refractivity contribution is 0.0262. The Morgan fingerprint density at radius 2 is 2.28 bits per heavy atom. The average Bonchev–Trinajstić information content (AvgIpc) is 2.75. The van der Waals surface area contributed by atoms with Crippen LogP contribution in [0.1, 0.15) is 25.3 Å². The van der Waals surface area contributed by atoms with Crippen LogP contribution in [-0.4, -0.2) is 25.4 Å². The zero-order valence-electron chi connectivity index (χ0n) is 10.7. The molecule has 0 aromatic heterocycles. The molecule has 1 heterocycles. The number of ether oxygens (including phenoxy) is 2. The molecule has 1 fully saturated rings. The molecule has 2 unspecified atom stereocenters. The smallest absolute Gasteiger partial charge is 0.123 e. The maximum atomic E-state index is 13.1. The summed E-state index contributed by atoms with van der Waals surface area (Å²) in [4.78, 5) is 0. The lowest BCUT2D eigenvalue weighted by Gasteiger charge is -2.15. The Morgan fingerprint density at radius 3 is 2.94 bits per heavy atom. The Kier molecular flexibility index (Phi) is 4.55. The number of nitrogens with two attached hydrogens (primary N) is 1. The van der Waals surface area contributed by atoms with Crippen LogP contribution < -0.4 is 10.5 Å². The molecule has 1 aliphatic heterocycles. The summed E-state index contributed by atoms with van der Waals surface area (Å²) in [7, 11) is 0. The van der Waals surface area contributed by atoms with E-state index in [0.717, 1.165) is 18.4 Å². The third-order valence-corrected chi connectivity index (χ3v) is 3.18. The molecule has 1 saturated heterocycles. The van der Waals surface area contributed by atoms with Crippen molar-refractivity contribution in [2.24, 2.45) is 5.73 Å². The molecular weight excluding hydrogens is 233 g/mol. The van der Waals surface area contributed by atoms with Gasteiger partial charge in [-0.25, -0.2) is 4.39 Å². The van der Waals surface area contributed by atoms with Crippen LogP contribution in [-0.2, 0) is 11.2 Å². The maximum Gasteiger partial charge on any atom is 0.123 e. The molecule has 18 heavy (non-hydrogen) atoms. The Bertz CT molecular complexity index is 397. The first kappa shape index (κ1) is 13.3. The van der Waals surface area contributed by atoms with Gasteiger partial charge in [0.15, 0.2) is 0 Å². The summed E-state index contributed by atoms with van der Waals surface area (Å²) in [5.41, 5.74) is 6.34. The van der Waals surface area contributed by atoms with Gasteiger partial charge >= 0.3 is 0 Å². The van der Waals surface area contributed by atoms with Crippen molar-refractivity contribution in [1.29, 1.82) is 0 Å². The lowest BCUT2D eigenvalue weighted by atomic mass is 10.1. The molecule has 1 aromatic rings. The van der Waals surface area contributed by atoms with Crippen LogP contribution >= 0.6 is 0 Å². The van der Waals surface area contributed by atoms with Gasteiger partial charge in [-0.05, 0) is 56.5 Å². The van der Waals surface area contributed by atoms with Crippen molar-refractivity contribution in [1.82, 2.24) is 0 Å². The van der Waals surface area contributed by atoms with Crippen molar-refractivity contribution in [2.75, 3.05) is 13.2 Å². The highest BCUT2D eigenvalue weighted by atomic mass is 19.1. The number of hydrogen-bond acceptors (Lipinski definition) is 3. The summed E-state index contributed by atoms with van der Waals surface area (Å²) in [6.07, 6.45) is 3.18. The minimum Gasteiger partial charge on any atom is -0.491 e. The summed E-state index contributed by atoms with van der Waals surface area (Å²) in [5.74, 6) is 0.460. The largest absolute Gasteiger partial charge is 0.491 e. The number of halogens is 1. The van der Waals surface area contributed by atoms with Gasteiger partial charge < -0.3 is 15.2 Å². The van der Waals surface area contributed by atoms with Gasteiger partial charge in [-0.2, -0.15) is 0 Å². The SMILES string of the molecule is CC1CCC(COc2ccc(F)cc2CCN)O1. The van der Waals surface area contributed by atoms with E-state index in [4.69, 9.17) is 15.2 Å². The van der Waals surface area contributed by atoms with Crippen LogP contribution in [0.5, 0.6) is 5.75 Å². The third-order valence-electron chi connectivity index (χ3n) is 3.18. The normalized spacial score (nSPS) is 23.3. The van der Waals surface area contributed by atoms with E-state index in [9.17, 15) is 4.39 Å². The van der Waals surface area contributed by atoms with Crippen LogP contribution in [0.15, 0.2) is 18.2 Å². The van der Waals surface area contributed by atoms with Gasteiger partial charge in [-0.15, -0.1) is 0 Å². The second-order valence-corrected chi connectivity index (χ2v) is 4.75. The lowest BCUT2D eigenvalue weighted by Crippen LogP contribution is -2.18. The van der Waals surface area contributed by atoms with Crippen molar-refractivity contribution in [3.05, 3.63) is 29.6 Å². The summed E-state index contributed by atoms with van der Waals surface area (Å²) in [6.45, 7) is 3.07. The highest BCUT2D eigenvalue weighted by Gasteiger charge is 2.22. The highest BCUT2D eigenvalue weighted by molar-refractivity contribution is 5.34. The van der Waals surface area contributed by atoms with E-state index in [-0.39, 0.29) is 11.9 Å². The second-order valence-electron chi connectivity index (χ2n) is 4.75. The summed E-state index contributed by atoms with van der Waals surface area (Å²) in [6, 6.07) is 4.56. The molecule has 3 nitrogen and oxygen atoms in total. The van der Waals surface area contributed by atoms with E-state index < -0.39 is 0 Å². The maximum absolute atomic E-state index is 13.1. The van der Waals surface area contributed by atoms with E-state index in [2.05, 4.69) is 6.92 Å². The highest BCUT2D eigenvalue weighted by Crippen LogP contribution is 2.23. The number of benzene rings is 1. The minimum atomic E-state index is -0.253. The van der Waals surface area contributed by atoms with Gasteiger partial charge in [-0.3, -0.25) is 0 Å². The van der Waals surface area contributed by atoms with Gasteiger partial charge in [-0.1, -0.05) is 0 Å². The molecule has 0 spiro atoms. The summed E-state index contributed by atoms with van der Waals surface area (Å²) in [5, 5.41) is 0. The fraction of sp³-hybridized carbons (Fsp3) is 0.571. The van der Waals surface area contributed by atoms with Crippen LogP contribution in [0, 0.1) is 5.82 Å². The van der Waals surface area contributed by atoms with Crippen LogP contribution in [0.4, 0.5) is 4.39 Å². The minimum absolute atomic E-state index is 0.149. The topological polar surface area (TPSA) is 44.5 Å². The van der Waals surface area contributed by atoms with Crippen molar-refractivity contribution in [2.45, 2.75) is 38.4 Å². The quantitative estimate of drug-likeness (QED) is 0.875. The van der Waals surface area contributed by atoms with E-state index in [1.807, 2.05) is 0 Å². The molecule has 1 aliphatic rings. The fourth-order valence-corrected chi connectivity index (χ4v) is 2.23. The second kappa shape index (κ2) is 6.16. The predicted octanol–water partition coefficient (Wildman–Crippen LogP) is 2.27. The molecule has 2 atom stereocenters. The van der Waals surface area contributed by atoms with Gasteiger partial charge in [0, 0.05) is 0 Å². The molecule has 0 amide bonds. The van der Waals surface area contributed by atoms with Crippen LogP contribution in [0.25, 0.3) is 0 Å². The van der Waals surface area contributed by atoms with Crippen LogP contribution in [0.3, 0.4) is 0 Å². The van der Waals surface area contributed by atoms with Crippen molar-refractivity contribution >= 4 is 0 Å². The Hall–Kier alpha value is -1.13. The molecule has 0 bridgehead atoms. The molecule has 0 aliphatic carbocycles. The molecular formula is C14H20FNO2. The number of hydrogen-bond donors (Lipinski definition) is 1. The zero-order chi connectivity index (χ0) is 13.0. The van der Waals surface area contributed by atoms with E-state index >= 15 is 0 Å². The number of rotatable bonds is 5. The Labute approximate surface area is 107 Å². The first-order valence-corrected chi connectivity index (χ1v) is 6.46. The van der Waals surface area contributed by atoms with E-state index in [0.29, 0.717) is 31.4 Å². The molecule has 0 radical (unpaired) electrons. The molecule has 4 heteroatoms. The first-order chi connectivity index (χ1) is 8.69. The molecule has 1 aromatic carbocycles. The predicted molar refractivity (Wildman–Crippen MR) is 68.2 cm³/mol. The van der Waals surface area contributed by atoms with Gasteiger partial charge in [0.05, 0.1) is 12.2 Å². The van der Waals surface area contributed by atoms with Gasteiger partial charge in [0.25, 0.3) is 0 Å². The van der Waals surface area contributed by atoms with Gasteiger partial charge in [0.2, 0.25) is 0 Å². The average molecular weight is 253 g/mol. The first-order valence-electron chi connectivity index (χ1n) is 6.46. The molecule has 2 rings (SSSR count). The van der Waals surface area contributed by atoms with E-state index in [1.54, 1.807) is 6.07 Å². The molecule has 100 valence electrons. The standard InChI is InChI=1S/C14H20FNO2/c1-10-2-4-13(18-10)9-17-14-5-3-12(15)8-11(14)6-7-16/h3,5,8,10,13H,2,4,6-7,9,16H2,1H3. The van der Waals surface area contributed by atoms with E-state index in [1.165, 1.54) is 12.1 Å². The van der Waals surface area contributed by atoms with Crippen molar-refractivity contribution in [3.63, 3.8) is 0 Å². The third kappa shape index (κ3) is 3.43. The Balaban J connectivity index is 1.95. The van der Waals surface area contributed by atoms with Crippen molar-refractivity contribution < 1.29 is 13.9 Å². The monoisotopic (exact) mass is 253 g/mol. The summed E-state index contributed by atoms with van der Waals surface area (Å²) >= 11 is 0. The van der Waals surface area contributed by atoms with Crippen molar-refractivity contribution in [3.8, 4) is 5.75 Å². The fourth-order valence-electron chi connectivity index (χ4n) is 2.23. The zero-order valence-corrected chi connectivity index (χ0v) is 10.7.